The summed E-state index contributed by atoms with van der Waals surface area (Å²) < 4.78 is 17.9. The van der Waals surface area contributed by atoms with E-state index in [0.717, 1.165) is 0 Å². The van der Waals surface area contributed by atoms with Crippen LogP contribution in [0.4, 0.5) is 18.8 Å². The van der Waals surface area contributed by atoms with Crippen LogP contribution in [0, 0.1) is 5.41 Å². The molecule has 2 aliphatic heterocycles. The van der Waals surface area contributed by atoms with Crippen molar-refractivity contribution in [3.8, 4) is 0 Å². The summed E-state index contributed by atoms with van der Waals surface area (Å²) in [5.74, 6) is -1.20. The second-order valence-corrected chi connectivity index (χ2v) is 15.7. The summed E-state index contributed by atoms with van der Waals surface area (Å²) in [7, 11) is 1.97. The zero-order chi connectivity index (χ0) is 34.4. The second-order valence-electron chi connectivity index (χ2n) is 14.2. The van der Waals surface area contributed by atoms with Crippen LogP contribution < -0.4 is 0 Å². The number of carbonyl (C=O) groups is 3. The lowest BCUT2D eigenvalue weighted by Crippen LogP contribution is -2.80. The quantitative estimate of drug-likeness (QED) is 0.212. The molecular formula is C28H46ClFN8O6S. The van der Waals surface area contributed by atoms with E-state index < -0.39 is 56.9 Å². The van der Waals surface area contributed by atoms with E-state index in [1.165, 1.54) is 16.2 Å². The number of thiazole rings is 1. The number of carboxylic acid groups (broad SMARTS) is 3. The van der Waals surface area contributed by atoms with Gasteiger partial charge in [0.15, 0.2) is 22.9 Å². The van der Waals surface area contributed by atoms with Crippen molar-refractivity contribution in [2.45, 2.75) is 91.2 Å². The summed E-state index contributed by atoms with van der Waals surface area (Å²) in [5, 5.41) is 34.2. The molecule has 17 heteroatoms. The maximum absolute atomic E-state index is 17.9. The molecule has 1 saturated heterocycles. The molecule has 3 amide bonds. The van der Waals surface area contributed by atoms with Gasteiger partial charge in [-0.15, -0.1) is 16.3 Å². The van der Waals surface area contributed by atoms with Crippen LogP contribution in [0.1, 0.15) is 67.3 Å². The Hall–Kier alpha value is -2.92. The van der Waals surface area contributed by atoms with Crippen molar-refractivity contribution < 1.29 is 34.1 Å². The largest absolute Gasteiger partial charge is 0.464 e. The predicted octanol–water partition coefficient (Wildman–Crippen LogP) is 5.28. The zero-order valence-electron chi connectivity index (χ0n) is 27.6. The number of hydrazine groups is 2. The summed E-state index contributed by atoms with van der Waals surface area (Å²) in [6.07, 6.45) is -6.74. The first-order valence-electron chi connectivity index (χ1n) is 14.5. The molecule has 2 aliphatic rings. The first kappa shape index (κ1) is 36.5. The average molecular weight is 677 g/mol. The van der Waals surface area contributed by atoms with Gasteiger partial charge in [-0.25, -0.2) is 33.7 Å². The van der Waals surface area contributed by atoms with Crippen LogP contribution in [0.2, 0.25) is 0 Å². The van der Waals surface area contributed by atoms with Crippen molar-refractivity contribution in [1.82, 2.24) is 39.7 Å². The van der Waals surface area contributed by atoms with Crippen LogP contribution in [-0.2, 0) is 6.54 Å². The second kappa shape index (κ2) is 12.7. The number of hydrogen-bond acceptors (Lipinski definition) is 10. The fourth-order valence-electron chi connectivity index (χ4n) is 5.84. The van der Waals surface area contributed by atoms with Gasteiger partial charge in [0, 0.05) is 54.2 Å². The number of amides is 3. The Kier molecular flexibility index (Phi) is 10.3. The lowest BCUT2D eigenvalue weighted by molar-refractivity contribution is -0.217. The first-order valence-corrected chi connectivity index (χ1v) is 15.8. The number of nitrogens with zero attached hydrogens (tertiary/aromatic N) is 8. The Morgan fingerprint density at radius 2 is 1.51 bits per heavy atom. The molecule has 3 N–H and O–H groups in total. The van der Waals surface area contributed by atoms with E-state index in [2.05, 4.69) is 9.88 Å². The molecule has 1 aromatic heterocycles. The highest BCUT2D eigenvalue weighted by molar-refractivity contribution is 7.09. The SMILES string of the molecule is CN1CCN(N(Cc2nccs2)C2=C(F)C(N(C(=O)O)N(C(=O)O)C(=O)O)N(C(C)(C)C)C(Cl)(C(C)(C)C)N2C(C)(C)C)CC1. The summed E-state index contributed by atoms with van der Waals surface area (Å²) in [5.41, 5.74) is -3.07. The van der Waals surface area contributed by atoms with E-state index in [1.54, 1.807) is 42.3 Å². The van der Waals surface area contributed by atoms with Crippen LogP contribution in [0.25, 0.3) is 0 Å². The van der Waals surface area contributed by atoms with Crippen molar-refractivity contribution in [3.63, 3.8) is 0 Å². The normalized spacial score (nSPS) is 22.8. The number of hydrogen-bond donors (Lipinski definition) is 3. The summed E-state index contributed by atoms with van der Waals surface area (Å²) in [4.78, 5) is 47.1. The molecule has 1 aromatic rings. The van der Waals surface area contributed by atoms with E-state index in [9.17, 15) is 29.7 Å². The molecule has 0 aromatic carbocycles. The van der Waals surface area contributed by atoms with Gasteiger partial charge in [0.25, 0.3) is 0 Å². The Balaban J connectivity index is 2.57. The minimum atomic E-state index is -2.12. The number of imide groups is 1. The van der Waals surface area contributed by atoms with Gasteiger partial charge < -0.3 is 25.1 Å². The topological polar surface area (TPSA) is 147 Å². The molecular weight excluding hydrogens is 631 g/mol. The van der Waals surface area contributed by atoms with Crippen molar-refractivity contribution in [2.24, 2.45) is 5.41 Å². The van der Waals surface area contributed by atoms with Gasteiger partial charge in [-0.2, -0.15) is 5.01 Å². The molecule has 0 spiro atoms. The van der Waals surface area contributed by atoms with Gasteiger partial charge in [0.1, 0.15) is 5.01 Å². The Morgan fingerprint density at radius 1 is 0.978 bits per heavy atom. The number of alkyl halides is 1. The van der Waals surface area contributed by atoms with Crippen LogP contribution in [0.3, 0.4) is 0 Å². The lowest BCUT2D eigenvalue weighted by Gasteiger charge is -2.67. The van der Waals surface area contributed by atoms with Crippen molar-refractivity contribution in [1.29, 1.82) is 0 Å². The smallest absolute Gasteiger partial charge is 0.436 e. The van der Waals surface area contributed by atoms with Crippen molar-refractivity contribution in [3.05, 3.63) is 28.2 Å². The highest BCUT2D eigenvalue weighted by Gasteiger charge is 2.66. The Bertz CT molecular complexity index is 1280. The highest BCUT2D eigenvalue weighted by Crippen LogP contribution is 2.56. The minimum Gasteiger partial charge on any atom is -0.464 e. The van der Waals surface area contributed by atoms with Gasteiger partial charge in [-0.3, -0.25) is 5.01 Å². The van der Waals surface area contributed by atoms with Gasteiger partial charge in [-0.1, -0.05) is 32.4 Å². The molecule has 1 fully saturated rings. The molecule has 0 aliphatic carbocycles. The fraction of sp³-hybridized carbons (Fsp3) is 0.714. The van der Waals surface area contributed by atoms with Gasteiger partial charge in [-0.05, 0) is 48.6 Å². The van der Waals surface area contributed by atoms with Crippen LogP contribution in [0.5, 0.6) is 0 Å². The van der Waals surface area contributed by atoms with Crippen molar-refractivity contribution in [2.75, 3.05) is 33.2 Å². The third kappa shape index (κ3) is 6.94. The number of aromatic nitrogens is 1. The van der Waals surface area contributed by atoms with Gasteiger partial charge >= 0.3 is 18.3 Å². The fourth-order valence-corrected chi connectivity index (χ4v) is 7.12. The number of piperazine rings is 1. The van der Waals surface area contributed by atoms with Crippen LogP contribution in [-0.4, -0.2) is 129 Å². The molecule has 0 saturated carbocycles. The maximum Gasteiger partial charge on any atom is 0.436 e. The Labute approximate surface area is 272 Å². The van der Waals surface area contributed by atoms with Crippen LogP contribution in [0.15, 0.2) is 23.2 Å². The first-order chi connectivity index (χ1) is 20.5. The van der Waals surface area contributed by atoms with E-state index in [1.807, 2.05) is 53.6 Å². The minimum absolute atomic E-state index is 0.0142. The molecule has 0 bridgehead atoms. The molecule has 254 valence electrons. The molecule has 45 heavy (non-hydrogen) atoms. The average Bonchev–Trinajstić information content (AvgIpc) is 3.38. The van der Waals surface area contributed by atoms with E-state index in [-0.39, 0.29) is 17.4 Å². The monoisotopic (exact) mass is 676 g/mol. The van der Waals surface area contributed by atoms with Gasteiger partial charge in [0.05, 0.1) is 6.54 Å². The molecule has 2 unspecified atom stereocenters. The maximum atomic E-state index is 17.9. The molecule has 3 heterocycles. The molecule has 14 nitrogen and oxygen atoms in total. The zero-order valence-corrected chi connectivity index (χ0v) is 29.1. The number of halogens is 2. The van der Waals surface area contributed by atoms with Crippen molar-refractivity contribution >= 4 is 41.2 Å². The predicted molar refractivity (Wildman–Crippen MR) is 168 cm³/mol. The summed E-state index contributed by atoms with van der Waals surface area (Å²) in [6.45, 7) is 18.4. The van der Waals surface area contributed by atoms with E-state index in [0.29, 0.717) is 31.2 Å². The van der Waals surface area contributed by atoms with E-state index in [4.69, 9.17) is 11.6 Å². The molecule has 2 atom stereocenters. The number of likely N-dealkylation sites (N-methyl/N-ethyl adjacent to an activating group) is 1. The highest BCUT2D eigenvalue weighted by atomic mass is 35.5. The standard InChI is InChI=1S/C28H46ClFN8O6S/c1-25(2,3)28(29)37(26(4,5)6)20(34(17-18-31-11-16-45-18)33-14-12-32(10)13-15-33)19(30)21(38(28)27(7,8)9)35(22(39)40)36(23(41)42)24(43)44/h11,16,21H,12-15,17H2,1-10H3,(H,39,40)(H,41,42)(H,43,44). The van der Waals surface area contributed by atoms with Crippen LogP contribution >= 0.6 is 22.9 Å². The number of rotatable bonds is 5. The van der Waals surface area contributed by atoms with Gasteiger partial charge in [0.2, 0.25) is 0 Å². The Morgan fingerprint density at radius 3 is 1.89 bits per heavy atom. The third-order valence-electron chi connectivity index (χ3n) is 7.70. The molecule has 3 rings (SSSR count). The summed E-state index contributed by atoms with van der Waals surface area (Å²) >= 11 is 9.22. The summed E-state index contributed by atoms with van der Waals surface area (Å²) in [6, 6.07) is 0. The molecule has 0 radical (unpaired) electrons. The van der Waals surface area contributed by atoms with E-state index >= 15 is 4.39 Å². The lowest BCUT2D eigenvalue weighted by atomic mass is 9.82. The third-order valence-corrected chi connectivity index (χ3v) is 9.38.